The lowest BCUT2D eigenvalue weighted by molar-refractivity contribution is 0.0945. The van der Waals surface area contributed by atoms with Gasteiger partial charge in [-0.25, -0.2) is 4.68 Å². The summed E-state index contributed by atoms with van der Waals surface area (Å²) in [5, 5.41) is 7.88. The van der Waals surface area contributed by atoms with Crippen LogP contribution in [0, 0.1) is 6.92 Å². The first kappa shape index (κ1) is 15.2. The smallest absolute Gasteiger partial charge is 0.272 e. The molecule has 0 aliphatic carbocycles. The second-order valence-electron chi connectivity index (χ2n) is 5.10. The quantitative estimate of drug-likeness (QED) is 0.801. The van der Waals surface area contributed by atoms with Crippen LogP contribution in [0.25, 0.3) is 5.69 Å². The monoisotopic (exact) mass is 326 g/mol. The number of halogens is 1. The fourth-order valence-electron chi connectivity index (χ4n) is 2.20. The minimum absolute atomic E-state index is 0.211. The van der Waals surface area contributed by atoms with Gasteiger partial charge < -0.3 is 5.32 Å². The average molecular weight is 327 g/mol. The van der Waals surface area contributed by atoms with Gasteiger partial charge in [0.15, 0.2) is 5.69 Å². The first-order valence-corrected chi connectivity index (χ1v) is 7.51. The van der Waals surface area contributed by atoms with Crippen LogP contribution >= 0.6 is 11.6 Å². The van der Waals surface area contributed by atoms with E-state index in [-0.39, 0.29) is 5.91 Å². The molecule has 0 fully saturated rings. The van der Waals surface area contributed by atoms with Crippen molar-refractivity contribution in [3.05, 3.63) is 76.8 Å². The number of carbonyl (C=O) groups excluding carboxylic acids is 1. The number of aromatic nitrogens is 3. The molecule has 23 heavy (non-hydrogen) atoms. The molecule has 2 heterocycles. The minimum Gasteiger partial charge on any atom is -0.347 e. The zero-order valence-corrected chi connectivity index (χ0v) is 13.3. The molecule has 0 bridgehead atoms. The van der Waals surface area contributed by atoms with Crippen LogP contribution in [0.4, 0.5) is 0 Å². The molecular weight excluding hydrogens is 312 g/mol. The van der Waals surface area contributed by atoms with Gasteiger partial charge in [0.2, 0.25) is 0 Å². The molecule has 0 saturated heterocycles. The molecule has 3 rings (SSSR count). The molecule has 1 N–H and O–H groups in total. The molecule has 0 spiro atoms. The summed E-state index contributed by atoms with van der Waals surface area (Å²) in [6.45, 7) is 2.34. The van der Waals surface area contributed by atoms with Crippen LogP contribution in [-0.4, -0.2) is 20.7 Å². The molecule has 0 unspecified atom stereocenters. The summed E-state index contributed by atoms with van der Waals surface area (Å²) >= 11 is 5.90. The van der Waals surface area contributed by atoms with Crippen molar-refractivity contribution < 1.29 is 4.79 Å². The van der Waals surface area contributed by atoms with Crippen molar-refractivity contribution in [2.24, 2.45) is 0 Å². The molecule has 1 aromatic carbocycles. The molecule has 0 radical (unpaired) electrons. The highest BCUT2D eigenvalue weighted by Crippen LogP contribution is 2.15. The number of nitrogens with one attached hydrogen (secondary N) is 1. The number of amides is 1. The highest BCUT2D eigenvalue weighted by atomic mass is 35.5. The summed E-state index contributed by atoms with van der Waals surface area (Å²) in [6.07, 6.45) is 3.39. The SMILES string of the molecule is Cc1cc(C(=O)NCc2ccncc2)nn1-c1ccc(Cl)cc1. The summed E-state index contributed by atoms with van der Waals surface area (Å²) in [5.74, 6) is -0.211. The Kier molecular flexibility index (Phi) is 4.39. The third kappa shape index (κ3) is 3.57. The van der Waals surface area contributed by atoms with Crippen LogP contribution in [0.15, 0.2) is 54.9 Å². The maximum absolute atomic E-state index is 12.2. The molecule has 0 aliphatic heterocycles. The van der Waals surface area contributed by atoms with Crippen molar-refractivity contribution in [2.45, 2.75) is 13.5 Å². The Morgan fingerprint density at radius 1 is 1.17 bits per heavy atom. The van der Waals surface area contributed by atoms with Crippen LogP contribution in [0.2, 0.25) is 5.02 Å². The Labute approximate surface area is 138 Å². The molecule has 2 aromatic heterocycles. The first-order chi connectivity index (χ1) is 11.1. The lowest BCUT2D eigenvalue weighted by Crippen LogP contribution is -2.23. The van der Waals surface area contributed by atoms with Gasteiger partial charge in [0, 0.05) is 29.7 Å². The maximum Gasteiger partial charge on any atom is 0.272 e. The van der Waals surface area contributed by atoms with Gasteiger partial charge in [-0.3, -0.25) is 9.78 Å². The second-order valence-corrected chi connectivity index (χ2v) is 5.53. The van der Waals surface area contributed by atoms with Crippen molar-refractivity contribution in [1.29, 1.82) is 0 Å². The molecular formula is C17H15ClN4O. The van der Waals surface area contributed by atoms with Crippen molar-refractivity contribution in [3.63, 3.8) is 0 Å². The molecule has 0 saturated carbocycles. The second kappa shape index (κ2) is 6.62. The largest absolute Gasteiger partial charge is 0.347 e. The third-order valence-electron chi connectivity index (χ3n) is 3.39. The third-order valence-corrected chi connectivity index (χ3v) is 3.65. The van der Waals surface area contributed by atoms with Gasteiger partial charge in [0.05, 0.1) is 5.69 Å². The van der Waals surface area contributed by atoms with Crippen molar-refractivity contribution in [3.8, 4) is 5.69 Å². The summed E-state index contributed by atoms with van der Waals surface area (Å²) in [7, 11) is 0. The van der Waals surface area contributed by atoms with E-state index in [0.29, 0.717) is 17.3 Å². The Morgan fingerprint density at radius 3 is 2.57 bits per heavy atom. The predicted octanol–water partition coefficient (Wildman–Crippen LogP) is 3.16. The number of carbonyl (C=O) groups is 1. The van der Waals surface area contributed by atoms with Gasteiger partial charge >= 0.3 is 0 Å². The van der Waals surface area contributed by atoms with Crippen LogP contribution in [-0.2, 0) is 6.54 Å². The Balaban J connectivity index is 1.75. The maximum atomic E-state index is 12.2. The Bertz CT molecular complexity index is 812. The summed E-state index contributed by atoms with van der Waals surface area (Å²) in [5.41, 5.74) is 3.11. The molecule has 3 aromatic rings. The Morgan fingerprint density at radius 2 is 1.87 bits per heavy atom. The van der Waals surface area contributed by atoms with Crippen molar-refractivity contribution in [1.82, 2.24) is 20.1 Å². The lowest BCUT2D eigenvalue weighted by atomic mass is 10.2. The molecule has 1 amide bonds. The first-order valence-electron chi connectivity index (χ1n) is 7.13. The van der Waals surface area contributed by atoms with Gasteiger partial charge in [-0.2, -0.15) is 5.10 Å². The predicted molar refractivity (Wildman–Crippen MR) is 88.7 cm³/mol. The fourth-order valence-corrected chi connectivity index (χ4v) is 2.33. The number of benzene rings is 1. The highest BCUT2D eigenvalue weighted by molar-refractivity contribution is 6.30. The van der Waals surface area contributed by atoms with Crippen LogP contribution in [0.5, 0.6) is 0 Å². The molecule has 6 heteroatoms. The van der Waals surface area contributed by atoms with E-state index in [1.807, 2.05) is 31.2 Å². The standard InChI is InChI=1S/C17H15ClN4O/c1-12-10-16(17(23)20-11-13-6-8-19-9-7-13)21-22(12)15-4-2-14(18)3-5-15/h2-10H,11H2,1H3,(H,20,23). The van der Waals surface area contributed by atoms with Crippen LogP contribution in [0.1, 0.15) is 21.7 Å². The van der Waals surface area contributed by atoms with E-state index in [1.54, 1.807) is 35.3 Å². The Hall–Kier alpha value is -2.66. The zero-order valence-electron chi connectivity index (χ0n) is 12.5. The van der Waals surface area contributed by atoms with E-state index >= 15 is 0 Å². The van der Waals surface area contributed by atoms with Crippen LogP contribution < -0.4 is 5.32 Å². The lowest BCUT2D eigenvalue weighted by Gasteiger charge is -2.04. The topological polar surface area (TPSA) is 59.8 Å². The summed E-state index contributed by atoms with van der Waals surface area (Å²) < 4.78 is 1.72. The van der Waals surface area contributed by atoms with Gasteiger partial charge in [-0.1, -0.05) is 11.6 Å². The number of hydrogen-bond donors (Lipinski definition) is 1. The minimum atomic E-state index is -0.211. The molecule has 0 atom stereocenters. The van der Waals surface area contributed by atoms with Crippen molar-refractivity contribution in [2.75, 3.05) is 0 Å². The van der Waals surface area contributed by atoms with E-state index < -0.39 is 0 Å². The van der Waals surface area contributed by atoms with Gasteiger partial charge in [-0.05, 0) is 55.0 Å². The van der Waals surface area contributed by atoms with E-state index in [9.17, 15) is 4.79 Å². The molecule has 0 aliphatic rings. The summed E-state index contributed by atoms with van der Waals surface area (Å²) in [6, 6.07) is 12.8. The van der Waals surface area contributed by atoms with E-state index in [4.69, 9.17) is 11.6 Å². The molecule has 116 valence electrons. The number of rotatable bonds is 4. The molecule has 5 nitrogen and oxygen atoms in total. The van der Waals surface area contributed by atoms with E-state index in [1.165, 1.54) is 0 Å². The van der Waals surface area contributed by atoms with Crippen LogP contribution in [0.3, 0.4) is 0 Å². The van der Waals surface area contributed by atoms with E-state index in [0.717, 1.165) is 16.9 Å². The number of aryl methyl sites for hydroxylation is 1. The zero-order chi connectivity index (χ0) is 16.2. The van der Waals surface area contributed by atoms with Crippen molar-refractivity contribution >= 4 is 17.5 Å². The number of hydrogen-bond acceptors (Lipinski definition) is 3. The fraction of sp³-hybridized carbons (Fsp3) is 0.118. The average Bonchev–Trinajstić information content (AvgIpc) is 2.96. The van der Waals surface area contributed by atoms with Gasteiger partial charge in [-0.15, -0.1) is 0 Å². The number of pyridine rings is 1. The normalized spacial score (nSPS) is 10.5. The van der Waals surface area contributed by atoms with Gasteiger partial charge in [0.25, 0.3) is 5.91 Å². The van der Waals surface area contributed by atoms with E-state index in [2.05, 4.69) is 15.4 Å². The summed E-state index contributed by atoms with van der Waals surface area (Å²) in [4.78, 5) is 16.2. The highest BCUT2D eigenvalue weighted by Gasteiger charge is 2.13. The van der Waals surface area contributed by atoms with Gasteiger partial charge in [0.1, 0.15) is 0 Å². The number of nitrogens with zero attached hydrogens (tertiary/aromatic N) is 3.